The van der Waals surface area contributed by atoms with Gasteiger partial charge in [0.1, 0.15) is 0 Å². The number of aliphatic hydroxyl groups is 1. The Hall–Kier alpha value is -1.99. The highest BCUT2D eigenvalue weighted by Crippen LogP contribution is 2.41. The van der Waals surface area contributed by atoms with Crippen molar-refractivity contribution in [1.29, 1.82) is 0 Å². The van der Waals surface area contributed by atoms with Crippen molar-refractivity contribution in [2.45, 2.75) is 39.3 Å². The van der Waals surface area contributed by atoms with E-state index in [1.807, 2.05) is 0 Å². The monoisotopic (exact) mass is 322 g/mol. The van der Waals surface area contributed by atoms with Crippen molar-refractivity contribution < 1.29 is 37.3 Å². The molecule has 0 unspecified atom stereocenters. The van der Waals surface area contributed by atoms with E-state index in [0.29, 0.717) is 6.42 Å². The third-order valence-electron chi connectivity index (χ3n) is 2.98. The molecule has 0 saturated heterocycles. The second kappa shape index (κ2) is 7.33. The van der Waals surface area contributed by atoms with Crippen molar-refractivity contribution in [3.63, 3.8) is 0 Å². The molecule has 5 nitrogen and oxygen atoms in total. The van der Waals surface area contributed by atoms with Gasteiger partial charge in [-0.25, -0.2) is 9.59 Å². The summed E-state index contributed by atoms with van der Waals surface area (Å²) in [5.74, 6) is -3.31. The molecule has 1 aliphatic carbocycles. The summed E-state index contributed by atoms with van der Waals surface area (Å²) in [6, 6.07) is 0. The molecule has 0 radical (unpaired) electrons. The Kier molecular flexibility index (Phi) is 6.01. The van der Waals surface area contributed by atoms with Crippen LogP contribution in [0, 0.1) is 0 Å². The number of alkyl halides is 3. The Morgan fingerprint density at radius 3 is 1.91 bits per heavy atom. The van der Waals surface area contributed by atoms with Crippen molar-refractivity contribution >= 4 is 11.9 Å². The van der Waals surface area contributed by atoms with Crippen LogP contribution < -0.4 is 0 Å². The summed E-state index contributed by atoms with van der Waals surface area (Å²) >= 11 is 0. The molecule has 0 bridgehead atoms. The molecule has 0 aromatic carbocycles. The maximum Gasteiger partial charge on any atom is 0.417 e. The third-order valence-corrected chi connectivity index (χ3v) is 2.98. The van der Waals surface area contributed by atoms with Gasteiger partial charge >= 0.3 is 18.1 Å². The molecule has 0 fully saturated rings. The van der Waals surface area contributed by atoms with Gasteiger partial charge in [-0.15, -0.1) is 0 Å². The first kappa shape index (κ1) is 18.1. The van der Waals surface area contributed by atoms with Gasteiger partial charge in [-0.1, -0.05) is 0 Å². The average Bonchev–Trinajstić information content (AvgIpc) is 2.80. The molecule has 1 aliphatic rings. The highest BCUT2D eigenvalue weighted by atomic mass is 19.4. The van der Waals surface area contributed by atoms with E-state index in [4.69, 9.17) is 0 Å². The van der Waals surface area contributed by atoms with Gasteiger partial charge in [-0.05, 0) is 26.7 Å². The molecule has 1 N–H and O–H groups in total. The van der Waals surface area contributed by atoms with Gasteiger partial charge in [0.25, 0.3) is 0 Å². The predicted octanol–water partition coefficient (Wildman–Crippen LogP) is 2.97. The number of rotatable bonds is 5. The number of carbonyl (C=O) groups is 2. The standard InChI is InChI=1S/C14H17F3O5/c1-3-21-12(19)10(13(20)22-4-2)11(14(15,16)17)8-6-5-7-9(8)18/h18H,3-7H2,1-2H3. The first-order chi connectivity index (χ1) is 10.2. The van der Waals surface area contributed by atoms with E-state index in [1.54, 1.807) is 0 Å². The van der Waals surface area contributed by atoms with Crippen molar-refractivity contribution in [3.05, 3.63) is 22.5 Å². The molecule has 0 heterocycles. The van der Waals surface area contributed by atoms with Crippen LogP contribution in [0.4, 0.5) is 13.2 Å². The molecular formula is C14H17F3O5. The summed E-state index contributed by atoms with van der Waals surface area (Å²) in [6.07, 6.45) is -4.71. The maximum atomic E-state index is 13.4. The van der Waals surface area contributed by atoms with Crippen molar-refractivity contribution in [3.8, 4) is 0 Å². The fraction of sp³-hybridized carbons (Fsp3) is 0.571. The summed E-state index contributed by atoms with van der Waals surface area (Å²) in [6.45, 7) is 2.41. The lowest BCUT2D eigenvalue weighted by Crippen LogP contribution is -2.27. The number of hydrogen-bond acceptors (Lipinski definition) is 5. The molecule has 0 atom stereocenters. The molecule has 22 heavy (non-hydrogen) atoms. The van der Waals surface area contributed by atoms with Gasteiger partial charge < -0.3 is 14.6 Å². The van der Waals surface area contributed by atoms with Gasteiger partial charge in [-0.3, -0.25) is 0 Å². The molecule has 1 rings (SSSR count). The number of allylic oxidation sites excluding steroid dienone is 3. The number of esters is 2. The van der Waals surface area contributed by atoms with Crippen LogP contribution in [0.2, 0.25) is 0 Å². The number of hydrogen-bond donors (Lipinski definition) is 1. The largest absolute Gasteiger partial charge is 0.512 e. The zero-order valence-corrected chi connectivity index (χ0v) is 12.2. The van der Waals surface area contributed by atoms with Gasteiger partial charge in [0, 0.05) is 12.0 Å². The third kappa shape index (κ3) is 4.02. The number of halogens is 3. The van der Waals surface area contributed by atoms with E-state index in [9.17, 15) is 27.9 Å². The molecule has 124 valence electrons. The minimum absolute atomic E-state index is 0.0633. The van der Waals surface area contributed by atoms with E-state index in [0.717, 1.165) is 0 Å². The van der Waals surface area contributed by atoms with Crippen molar-refractivity contribution in [1.82, 2.24) is 0 Å². The average molecular weight is 322 g/mol. The zero-order valence-electron chi connectivity index (χ0n) is 12.2. The Labute approximate surface area is 125 Å². The Morgan fingerprint density at radius 2 is 1.59 bits per heavy atom. The van der Waals surface area contributed by atoms with Crippen LogP contribution in [-0.2, 0) is 19.1 Å². The second-order valence-corrected chi connectivity index (χ2v) is 4.47. The lowest BCUT2D eigenvalue weighted by atomic mass is 9.98. The summed E-state index contributed by atoms with van der Waals surface area (Å²) in [4.78, 5) is 23.7. The first-order valence-corrected chi connectivity index (χ1v) is 6.81. The lowest BCUT2D eigenvalue weighted by Gasteiger charge is -2.17. The van der Waals surface area contributed by atoms with E-state index < -0.39 is 40.6 Å². The van der Waals surface area contributed by atoms with Crippen LogP contribution in [0.1, 0.15) is 33.1 Å². The van der Waals surface area contributed by atoms with Crippen LogP contribution in [0.3, 0.4) is 0 Å². The Bertz CT molecular complexity index is 497. The molecule has 0 spiro atoms. The van der Waals surface area contributed by atoms with E-state index in [-0.39, 0.29) is 26.1 Å². The minimum Gasteiger partial charge on any atom is -0.512 e. The highest BCUT2D eigenvalue weighted by Gasteiger charge is 2.45. The fourth-order valence-corrected chi connectivity index (χ4v) is 2.15. The highest BCUT2D eigenvalue weighted by molar-refractivity contribution is 6.15. The predicted molar refractivity (Wildman–Crippen MR) is 69.9 cm³/mol. The van der Waals surface area contributed by atoms with E-state index in [2.05, 4.69) is 9.47 Å². The quantitative estimate of drug-likeness (QED) is 0.365. The summed E-state index contributed by atoms with van der Waals surface area (Å²) < 4.78 is 49.2. The van der Waals surface area contributed by atoms with Gasteiger partial charge in [-0.2, -0.15) is 13.2 Å². The first-order valence-electron chi connectivity index (χ1n) is 6.81. The van der Waals surface area contributed by atoms with Crippen molar-refractivity contribution in [2.24, 2.45) is 0 Å². The van der Waals surface area contributed by atoms with Crippen LogP contribution in [0.5, 0.6) is 0 Å². The molecule has 0 amide bonds. The van der Waals surface area contributed by atoms with E-state index >= 15 is 0 Å². The fourth-order valence-electron chi connectivity index (χ4n) is 2.15. The SMILES string of the molecule is CCOC(=O)C(C(=O)OCC)=C(C1=C(O)CCC1)C(F)(F)F. The molecule has 0 aromatic rings. The zero-order chi connectivity index (χ0) is 16.9. The van der Waals surface area contributed by atoms with Crippen LogP contribution in [-0.4, -0.2) is 36.4 Å². The minimum atomic E-state index is -5.00. The Morgan fingerprint density at radius 1 is 1.09 bits per heavy atom. The number of ether oxygens (including phenoxy) is 2. The molecular weight excluding hydrogens is 305 g/mol. The smallest absolute Gasteiger partial charge is 0.417 e. The van der Waals surface area contributed by atoms with E-state index in [1.165, 1.54) is 13.8 Å². The van der Waals surface area contributed by atoms with Gasteiger partial charge in [0.05, 0.1) is 24.5 Å². The molecule has 8 heteroatoms. The number of aliphatic hydroxyl groups excluding tert-OH is 1. The lowest BCUT2D eigenvalue weighted by molar-refractivity contribution is -0.148. The van der Waals surface area contributed by atoms with Crippen LogP contribution >= 0.6 is 0 Å². The normalized spacial score (nSPS) is 14.8. The molecule has 0 saturated carbocycles. The molecule has 0 aromatic heterocycles. The van der Waals surface area contributed by atoms with Crippen LogP contribution in [0.25, 0.3) is 0 Å². The molecule has 0 aliphatic heterocycles. The van der Waals surface area contributed by atoms with Gasteiger partial charge in [0.15, 0.2) is 5.57 Å². The summed E-state index contributed by atoms with van der Waals surface area (Å²) in [5, 5.41) is 9.64. The topological polar surface area (TPSA) is 72.8 Å². The second-order valence-electron chi connectivity index (χ2n) is 4.47. The Balaban J connectivity index is 3.55. The van der Waals surface area contributed by atoms with Crippen molar-refractivity contribution in [2.75, 3.05) is 13.2 Å². The van der Waals surface area contributed by atoms with Gasteiger partial charge in [0.2, 0.25) is 0 Å². The maximum absolute atomic E-state index is 13.4. The summed E-state index contributed by atoms with van der Waals surface area (Å²) in [7, 11) is 0. The number of carbonyl (C=O) groups excluding carboxylic acids is 2. The van der Waals surface area contributed by atoms with Crippen LogP contribution in [0.15, 0.2) is 22.5 Å². The summed E-state index contributed by atoms with van der Waals surface area (Å²) in [5.41, 5.74) is -3.15.